The summed E-state index contributed by atoms with van der Waals surface area (Å²) in [6.07, 6.45) is 0. The lowest BCUT2D eigenvalue weighted by Crippen LogP contribution is -2.10. The van der Waals surface area contributed by atoms with Gasteiger partial charge in [0.15, 0.2) is 5.58 Å². The standard InChI is InChI=1S/C46H27NO3/c1-2-11-32-28(10-1)24-27-34-33-15-7-17-38(46(33)50-45(32)34)47(37-16-9-21-42-44(37)36-13-4-6-19-40(36)49-42)30-25-22-29(23-26-30)31-14-8-20-41-43(31)35-12-3-5-18-39(35)48-41/h1-27H. The highest BCUT2D eigenvalue weighted by Gasteiger charge is 2.24. The summed E-state index contributed by atoms with van der Waals surface area (Å²) in [6, 6.07) is 57.1. The van der Waals surface area contributed by atoms with Crippen molar-refractivity contribution in [2.24, 2.45) is 0 Å². The number of fused-ring (bicyclic) bond motifs is 11. The number of rotatable bonds is 4. The van der Waals surface area contributed by atoms with Gasteiger partial charge in [-0.25, -0.2) is 0 Å². The molecule has 0 aliphatic rings. The summed E-state index contributed by atoms with van der Waals surface area (Å²) in [5.74, 6) is 0. The molecule has 234 valence electrons. The maximum atomic E-state index is 6.90. The second-order valence-corrected chi connectivity index (χ2v) is 12.8. The van der Waals surface area contributed by atoms with Gasteiger partial charge in [-0.1, -0.05) is 109 Å². The smallest absolute Gasteiger partial charge is 0.159 e. The van der Waals surface area contributed by atoms with Crippen LogP contribution in [0.1, 0.15) is 0 Å². The Morgan fingerprint density at radius 2 is 0.920 bits per heavy atom. The van der Waals surface area contributed by atoms with Crippen LogP contribution < -0.4 is 4.90 Å². The Labute approximate surface area is 286 Å². The molecule has 0 unspecified atom stereocenters. The third-order valence-electron chi connectivity index (χ3n) is 10.1. The van der Waals surface area contributed by atoms with Crippen LogP contribution in [-0.4, -0.2) is 0 Å². The number of anilines is 3. The minimum Gasteiger partial charge on any atom is -0.456 e. The van der Waals surface area contributed by atoms with E-state index in [4.69, 9.17) is 13.3 Å². The fourth-order valence-electron chi connectivity index (χ4n) is 7.84. The summed E-state index contributed by atoms with van der Waals surface area (Å²) in [4.78, 5) is 2.31. The van der Waals surface area contributed by atoms with Crippen LogP contribution in [0, 0.1) is 0 Å². The van der Waals surface area contributed by atoms with E-state index in [2.05, 4.69) is 132 Å². The molecule has 0 spiro atoms. The zero-order valence-electron chi connectivity index (χ0n) is 26.8. The van der Waals surface area contributed by atoms with Crippen molar-refractivity contribution in [3.63, 3.8) is 0 Å². The van der Waals surface area contributed by atoms with Gasteiger partial charge in [0.2, 0.25) is 0 Å². The summed E-state index contributed by atoms with van der Waals surface area (Å²) in [6.45, 7) is 0. The summed E-state index contributed by atoms with van der Waals surface area (Å²) in [5, 5.41) is 8.81. The third kappa shape index (κ3) is 3.87. The first-order valence-corrected chi connectivity index (χ1v) is 16.8. The SMILES string of the molecule is c1ccc2c(c1)ccc1c3cccc(N(c4ccc(-c5cccc6oc7ccccc7c56)cc4)c4cccc5oc6ccccc6c45)c3oc21. The van der Waals surface area contributed by atoms with Crippen molar-refractivity contribution < 1.29 is 13.3 Å². The third-order valence-corrected chi connectivity index (χ3v) is 10.1. The molecule has 11 rings (SSSR count). The fourth-order valence-corrected chi connectivity index (χ4v) is 7.84. The molecule has 0 atom stereocenters. The van der Waals surface area contributed by atoms with Crippen LogP contribution in [-0.2, 0) is 0 Å². The van der Waals surface area contributed by atoms with E-state index >= 15 is 0 Å². The number of hydrogen-bond donors (Lipinski definition) is 0. The van der Waals surface area contributed by atoms with Crippen molar-refractivity contribution >= 4 is 93.7 Å². The summed E-state index contributed by atoms with van der Waals surface area (Å²) in [7, 11) is 0. The van der Waals surface area contributed by atoms with E-state index in [-0.39, 0.29) is 0 Å². The number of benzene rings is 8. The number of nitrogens with zero attached hydrogens (tertiary/aromatic N) is 1. The van der Waals surface area contributed by atoms with Gasteiger partial charge in [0.1, 0.15) is 27.9 Å². The van der Waals surface area contributed by atoms with Crippen molar-refractivity contribution in [3.8, 4) is 11.1 Å². The van der Waals surface area contributed by atoms with Gasteiger partial charge in [0.05, 0.1) is 16.8 Å². The van der Waals surface area contributed by atoms with Gasteiger partial charge in [0.25, 0.3) is 0 Å². The van der Waals surface area contributed by atoms with Crippen molar-refractivity contribution in [2.75, 3.05) is 4.90 Å². The average Bonchev–Trinajstić information content (AvgIpc) is 3.87. The van der Waals surface area contributed by atoms with E-state index in [1.54, 1.807) is 0 Å². The highest BCUT2D eigenvalue weighted by Crippen LogP contribution is 2.47. The van der Waals surface area contributed by atoms with Crippen LogP contribution in [0.25, 0.3) is 87.7 Å². The summed E-state index contributed by atoms with van der Waals surface area (Å²) in [5.41, 5.74) is 10.4. The predicted molar refractivity (Wildman–Crippen MR) is 206 cm³/mol. The minimum absolute atomic E-state index is 0.836. The van der Waals surface area contributed by atoms with Crippen LogP contribution in [0.3, 0.4) is 0 Å². The molecule has 3 aromatic heterocycles. The molecule has 0 bridgehead atoms. The Hall–Kier alpha value is -6.78. The van der Waals surface area contributed by atoms with Gasteiger partial charge in [-0.15, -0.1) is 0 Å². The molecule has 0 aliphatic carbocycles. The summed E-state index contributed by atoms with van der Waals surface area (Å²) >= 11 is 0. The predicted octanol–water partition coefficient (Wildman–Crippen LogP) is 13.7. The van der Waals surface area contributed by atoms with Crippen molar-refractivity contribution in [2.45, 2.75) is 0 Å². The van der Waals surface area contributed by atoms with E-state index in [1.165, 1.54) is 0 Å². The van der Waals surface area contributed by atoms with Crippen LogP contribution in [0.5, 0.6) is 0 Å². The van der Waals surface area contributed by atoms with E-state index in [0.717, 1.165) is 105 Å². The first-order valence-electron chi connectivity index (χ1n) is 16.8. The van der Waals surface area contributed by atoms with Crippen molar-refractivity contribution in [1.29, 1.82) is 0 Å². The Morgan fingerprint density at radius 1 is 0.340 bits per heavy atom. The molecule has 0 saturated heterocycles. The van der Waals surface area contributed by atoms with E-state index in [9.17, 15) is 0 Å². The molecule has 4 nitrogen and oxygen atoms in total. The van der Waals surface area contributed by atoms with Gasteiger partial charge in [-0.2, -0.15) is 0 Å². The van der Waals surface area contributed by atoms with Crippen LogP contribution in [0.15, 0.2) is 177 Å². The molecule has 3 heterocycles. The highest BCUT2D eigenvalue weighted by molar-refractivity contribution is 6.19. The van der Waals surface area contributed by atoms with Gasteiger partial charge in [-0.3, -0.25) is 0 Å². The van der Waals surface area contributed by atoms with E-state index < -0.39 is 0 Å². The van der Waals surface area contributed by atoms with Crippen molar-refractivity contribution in [1.82, 2.24) is 0 Å². The van der Waals surface area contributed by atoms with Crippen LogP contribution >= 0.6 is 0 Å². The lowest BCUT2D eigenvalue weighted by Gasteiger charge is -2.26. The Balaban J connectivity index is 1.17. The molecular formula is C46H27NO3. The maximum absolute atomic E-state index is 6.90. The molecule has 0 saturated carbocycles. The molecular weight excluding hydrogens is 615 g/mol. The Morgan fingerprint density at radius 3 is 1.72 bits per heavy atom. The first kappa shape index (κ1) is 27.2. The Bertz CT molecular complexity index is 3110. The van der Waals surface area contributed by atoms with Gasteiger partial charge in [0, 0.05) is 38.0 Å². The van der Waals surface area contributed by atoms with E-state index in [0.29, 0.717) is 0 Å². The molecule has 0 amide bonds. The molecule has 4 heteroatoms. The monoisotopic (exact) mass is 641 g/mol. The topological polar surface area (TPSA) is 42.7 Å². The zero-order valence-corrected chi connectivity index (χ0v) is 26.8. The number of hydrogen-bond acceptors (Lipinski definition) is 4. The lowest BCUT2D eigenvalue weighted by molar-refractivity contribution is 0.668. The van der Waals surface area contributed by atoms with Crippen LogP contribution in [0.4, 0.5) is 17.1 Å². The second kappa shape index (κ2) is 10.4. The second-order valence-electron chi connectivity index (χ2n) is 12.8. The van der Waals surface area contributed by atoms with Gasteiger partial charge < -0.3 is 18.2 Å². The average molecular weight is 642 g/mol. The zero-order chi connectivity index (χ0) is 32.8. The number of para-hydroxylation sites is 3. The quantitative estimate of drug-likeness (QED) is 0.192. The molecule has 11 aromatic rings. The lowest BCUT2D eigenvalue weighted by atomic mass is 9.99. The number of furan rings is 3. The van der Waals surface area contributed by atoms with Crippen LogP contribution in [0.2, 0.25) is 0 Å². The molecule has 50 heavy (non-hydrogen) atoms. The molecule has 0 N–H and O–H groups in total. The molecule has 0 aliphatic heterocycles. The highest BCUT2D eigenvalue weighted by atomic mass is 16.3. The fraction of sp³-hybridized carbons (Fsp3) is 0. The van der Waals surface area contributed by atoms with Gasteiger partial charge in [-0.05, 0) is 71.1 Å². The summed E-state index contributed by atoms with van der Waals surface area (Å²) < 4.78 is 19.5. The largest absolute Gasteiger partial charge is 0.456 e. The van der Waals surface area contributed by atoms with Crippen molar-refractivity contribution in [3.05, 3.63) is 164 Å². The minimum atomic E-state index is 0.836. The normalized spacial score (nSPS) is 12.0. The van der Waals surface area contributed by atoms with E-state index in [1.807, 2.05) is 36.4 Å². The molecule has 0 fully saturated rings. The maximum Gasteiger partial charge on any atom is 0.159 e. The van der Waals surface area contributed by atoms with Gasteiger partial charge >= 0.3 is 0 Å². The molecule has 0 radical (unpaired) electrons. The first-order chi connectivity index (χ1) is 24.8. The Kier molecular flexibility index (Phi) is 5.63. The molecule has 8 aromatic carbocycles.